The van der Waals surface area contributed by atoms with Gasteiger partial charge in [-0.15, -0.1) is 0 Å². The molecule has 32 heavy (non-hydrogen) atoms. The Bertz CT molecular complexity index is 996. The Morgan fingerprint density at radius 1 is 0.844 bits per heavy atom. The van der Waals surface area contributed by atoms with Crippen LogP contribution in [0.1, 0.15) is 39.0 Å². The fraction of sp³-hybridized carbons (Fsp3) is 0.444. The lowest BCUT2D eigenvalue weighted by Gasteiger charge is -2.20. The predicted octanol–water partition coefficient (Wildman–Crippen LogP) is 5.95. The van der Waals surface area contributed by atoms with Crippen molar-refractivity contribution in [1.82, 2.24) is 9.88 Å². The van der Waals surface area contributed by atoms with E-state index in [0.717, 1.165) is 59.0 Å². The molecule has 0 saturated carbocycles. The SMILES string of the molecule is CCCOc1ccc(-c2cc(OCCN3CCCCCC3)c3cc(OC)ccc3n2)cc1. The van der Waals surface area contributed by atoms with Crippen molar-refractivity contribution in [1.29, 1.82) is 0 Å². The normalized spacial score (nSPS) is 14.8. The first-order valence-corrected chi connectivity index (χ1v) is 11.8. The first-order valence-electron chi connectivity index (χ1n) is 11.8. The number of fused-ring (bicyclic) bond motifs is 1. The summed E-state index contributed by atoms with van der Waals surface area (Å²) in [5.41, 5.74) is 2.85. The highest BCUT2D eigenvalue weighted by Crippen LogP contribution is 2.33. The number of hydrogen-bond acceptors (Lipinski definition) is 5. The van der Waals surface area contributed by atoms with Gasteiger partial charge in [0, 0.05) is 23.6 Å². The molecule has 0 N–H and O–H groups in total. The molecule has 1 aliphatic rings. The molecule has 0 bridgehead atoms. The maximum Gasteiger partial charge on any atom is 0.131 e. The van der Waals surface area contributed by atoms with Gasteiger partial charge < -0.3 is 14.2 Å². The van der Waals surface area contributed by atoms with Crippen LogP contribution in [-0.4, -0.2) is 49.8 Å². The van der Waals surface area contributed by atoms with Crippen molar-refractivity contribution in [2.24, 2.45) is 0 Å². The van der Waals surface area contributed by atoms with Crippen LogP contribution >= 0.6 is 0 Å². The molecule has 2 aromatic carbocycles. The van der Waals surface area contributed by atoms with E-state index in [4.69, 9.17) is 19.2 Å². The number of pyridine rings is 1. The van der Waals surface area contributed by atoms with Crippen LogP contribution < -0.4 is 14.2 Å². The molecule has 0 spiro atoms. The monoisotopic (exact) mass is 434 g/mol. The summed E-state index contributed by atoms with van der Waals surface area (Å²) in [6.07, 6.45) is 6.26. The average Bonchev–Trinajstić information content (AvgIpc) is 3.11. The van der Waals surface area contributed by atoms with E-state index in [9.17, 15) is 0 Å². The highest BCUT2D eigenvalue weighted by Gasteiger charge is 2.13. The molecule has 0 radical (unpaired) electrons. The minimum atomic E-state index is 0.666. The summed E-state index contributed by atoms with van der Waals surface area (Å²) in [6, 6.07) is 16.1. The summed E-state index contributed by atoms with van der Waals surface area (Å²) in [5.74, 6) is 2.54. The minimum absolute atomic E-state index is 0.666. The molecule has 1 aliphatic heterocycles. The number of methoxy groups -OCH3 is 1. The number of hydrogen-bond donors (Lipinski definition) is 0. The molecule has 1 aromatic heterocycles. The molecule has 1 fully saturated rings. The average molecular weight is 435 g/mol. The molecular weight excluding hydrogens is 400 g/mol. The zero-order valence-corrected chi connectivity index (χ0v) is 19.3. The highest BCUT2D eigenvalue weighted by atomic mass is 16.5. The van der Waals surface area contributed by atoms with Crippen LogP contribution in [0, 0.1) is 0 Å². The summed E-state index contributed by atoms with van der Waals surface area (Å²) in [4.78, 5) is 7.42. The van der Waals surface area contributed by atoms with Gasteiger partial charge in [0.25, 0.3) is 0 Å². The van der Waals surface area contributed by atoms with E-state index in [1.807, 2.05) is 36.4 Å². The summed E-state index contributed by atoms with van der Waals surface area (Å²) >= 11 is 0. The van der Waals surface area contributed by atoms with Gasteiger partial charge in [-0.25, -0.2) is 4.98 Å². The van der Waals surface area contributed by atoms with Crippen molar-refractivity contribution in [3.05, 3.63) is 48.5 Å². The van der Waals surface area contributed by atoms with Crippen LogP contribution in [0.2, 0.25) is 0 Å². The van der Waals surface area contributed by atoms with Gasteiger partial charge in [-0.05, 0) is 74.8 Å². The molecule has 2 heterocycles. The number of benzene rings is 2. The maximum atomic E-state index is 6.34. The molecule has 3 aromatic rings. The number of ether oxygens (including phenoxy) is 3. The van der Waals surface area contributed by atoms with E-state index >= 15 is 0 Å². The van der Waals surface area contributed by atoms with Gasteiger partial charge in [-0.3, -0.25) is 4.90 Å². The molecule has 1 saturated heterocycles. The largest absolute Gasteiger partial charge is 0.497 e. The fourth-order valence-corrected chi connectivity index (χ4v) is 4.15. The molecular formula is C27H34N2O3. The Balaban J connectivity index is 1.57. The van der Waals surface area contributed by atoms with Gasteiger partial charge in [-0.2, -0.15) is 0 Å². The van der Waals surface area contributed by atoms with Crippen LogP contribution in [0.25, 0.3) is 22.2 Å². The van der Waals surface area contributed by atoms with Crippen molar-refractivity contribution in [3.8, 4) is 28.5 Å². The Hall–Kier alpha value is -2.79. The quantitative estimate of drug-likeness (QED) is 0.416. The second kappa shape index (κ2) is 11.2. The Morgan fingerprint density at radius 3 is 2.31 bits per heavy atom. The van der Waals surface area contributed by atoms with E-state index in [0.29, 0.717) is 6.61 Å². The summed E-state index contributed by atoms with van der Waals surface area (Å²) < 4.78 is 17.5. The van der Waals surface area contributed by atoms with Gasteiger partial charge in [-0.1, -0.05) is 19.8 Å². The van der Waals surface area contributed by atoms with E-state index < -0.39 is 0 Å². The molecule has 0 amide bonds. The predicted molar refractivity (Wildman–Crippen MR) is 130 cm³/mol. The van der Waals surface area contributed by atoms with Crippen molar-refractivity contribution >= 4 is 10.9 Å². The highest BCUT2D eigenvalue weighted by molar-refractivity contribution is 5.89. The van der Waals surface area contributed by atoms with E-state index in [1.165, 1.54) is 38.8 Å². The van der Waals surface area contributed by atoms with Crippen LogP contribution in [-0.2, 0) is 0 Å². The maximum absolute atomic E-state index is 6.34. The third kappa shape index (κ3) is 5.71. The van der Waals surface area contributed by atoms with Crippen molar-refractivity contribution < 1.29 is 14.2 Å². The van der Waals surface area contributed by atoms with Crippen LogP contribution in [0.15, 0.2) is 48.5 Å². The summed E-state index contributed by atoms with van der Waals surface area (Å²) in [7, 11) is 1.69. The minimum Gasteiger partial charge on any atom is -0.497 e. The topological polar surface area (TPSA) is 43.8 Å². The second-order valence-electron chi connectivity index (χ2n) is 8.37. The molecule has 0 unspecified atom stereocenters. The molecule has 5 heteroatoms. The smallest absolute Gasteiger partial charge is 0.131 e. The number of aromatic nitrogens is 1. The fourth-order valence-electron chi connectivity index (χ4n) is 4.15. The number of likely N-dealkylation sites (tertiary alicyclic amines) is 1. The third-order valence-electron chi connectivity index (χ3n) is 5.96. The lowest BCUT2D eigenvalue weighted by molar-refractivity contribution is 0.215. The van der Waals surface area contributed by atoms with E-state index in [-0.39, 0.29) is 0 Å². The van der Waals surface area contributed by atoms with E-state index in [2.05, 4.69) is 24.0 Å². The third-order valence-corrected chi connectivity index (χ3v) is 5.96. The molecule has 5 nitrogen and oxygen atoms in total. The molecule has 0 atom stereocenters. The van der Waals surface area contributed by atoms with Crippen molar-refractivity contribution in [3.63, 3.8) is 0 Å². The first-order chi connectivity index (χ1) is 15.8. The lowest BCUT2D eigenvalue weighted by Crippen LogP contribution is -2.29. The number of rotatable bonds is 9. The standard InChI is InChI=1S/C27H34N2O3/c1-3-17-31-22-10-8-21(9-11-22)26-20-27(24-19-23(30-2)12-13-25(24)28-26)32-18-16-29-14-6-4-5-7-15-29/h8-13,19-20H,3-7,14-18H2,1-2H3. The Morgan fingerprint density at radius 2 is 1.59 bits per heavy atom. The first kappa shape index (κ1) is 22.4. The van der Waals surface area contributed by atoms with Gasteiger partial charge in [0.05, 0.1) is 24.9 Å². The van der Waals surface area contributed by atoms with Crippen LogP contribution in [0.5, 0.6) is 17.2 Å². The van der Waals surface area contributed by atoms with Crippen molar-refractivity contribution in [2.45, 2.75) is 39.0 Å². The van der Waals surface area contributed by atoms with Gasteiger partial charge >= 0.3 is 0 Å². The lowest BCUT2D eigenvalue weighted by atomic mass is 10.1. The second-order valence-corrected chi connectivity index (χ2v) is 8.37. The summed E-state index contributed by atoms with van der Waals surface area (Å²) in [5, 5.41) is 0.979. The zero-order chi connectivity index (χ0) is 22.2. The van der Waals surface area contributed by atoms with Gasteiger partial charge in [0.2, 0.25) is 0 Å². The molecule has 170 valence electrons. The van der Waals surface area contributed by atoms with Crippen molar-refractivity contribution in [2.75, 3.05) is 40.0 Å². The van der Waals surface area contributed by atoms with E-state index in [1.54, 1.807) is 7.11 Å². The Kier molecular flexibility index (Phi) is 7.83. The molecule has 4 rings (SSSR count). The Labute approximate surface area is 191 Å². The van der Waals surface area contributed by atoms with Crippen LogP contribution in [0.3, 0.4) is 0 Å². The van der Waals surface area contributed by atoms with Crippen LogP contribution in [0.4, 0.5) is 0 Å². The van der Waals surface area contributed by atoms with Gasteiger partial charge in [0.1, 0.15) is 23.9 Å². The van der Waals surface area contributed by atoms with Gasteiger partial charge in [0.15, 0.2) is 0 Å². The zero-order valence-electron chi connectivity index (χ0n) is 19.3. The molecule has 0 aliphatic carbocycles. The summed E-state index contributed by atoms with van der Waals surface area (Å²) in [6.45, 7) is 6.80. The number of nitrogens with zero attached hydrogens (tertiary/aromatic N) is 2.